The molecule has 0 aromatic carbocycles. The SMILES string of the molecule is CCCCCCCCCCCC.S.[Ca+2].[H-].[H-]. The van der Waals surface area contributed by atoms with E-state index in [4.69, 9.17) is 0 Å². The minimum absolute atomic E-state index is 0. The summed E-state index contributed by atoms with van der Waals surface area (Å²) in [4.78, 5) is 0. The fraction of sp³-hybridized carbons (Fsp3) is 1.00. The number of hydrogen-bond acceptors (Lipinski definition) is 0. The number of rotatable bonds is 9. The average molecular weight is 247 g/mol. The molecular weight excluding hydrogens is 216 g/mol. The van der Waals surface area contributed by atoms with E-state index < -0.39 is 0 Å². The topological polar surface area (TPSA) is 0 Å². The minimum atomic E-state index is 0. The summed E-state index contributed by atoms with van der Waals surface area (Å²) >= 11 is 0. The van der Waals surface area contributed by atoms with Crippen molar-refractivity contribution >= 4 is 51.2 Å². The molecule has 0 atom stereocenters. The van der Waals surface area contributed by atoms with Crippen LogP contribution in [0.2, 0.25) is 0 Å². The molecule has 0 radical (unpaired) electrons. The largest absolute Gasteiger partial charge is 2.00 e. The molecule has 0 bridgehead atoms. The van der Waals surface area contributed by atoms with Crippen LogP contribution >= 0.6 is 13.5 Å². The Morgan fingerprint density at radius 2 is 0.786 bits per heavy atom. The summed E-state index contributed by atoms with van der Waals surface area (Å²) in [7, 11) is 0. The molecule has 86 valence electrons. The molecule has 0 rings (SSSR count). The van der Waals surface area contributed by atoms with Crippen LogP contribution < -0.4 is 0 Å². The average Bonchev–Trinajstić information content (AvgIpc) is 2.10. The van der Waals surface area contributed by atoms with Gasteiger partial charge < -0.3 is 2.85 Å². The Morgan fingerprint density at radius 1 is 0.571 bits per heavy atom. The zero-order valence-corrected chi connectivity index (χ0v) is 13.5. The molecular formula is C12H30CaS. The van der Waals surface area contributed by atoms with E-state index in [1.807, 2.05) is 0 Å². The van der Waals surface area contributed by atoms with E-state index in [1.54, 1.807) is 0 Å². The van der Waals surface area contributed by atoms with Gasteiger partial charge in [0.25, 0.3) is 0 Å². The van der Waals surface area contributed by atoms with Crippen molar-refractivity contribution in [3.05, 3.63) is 0 Å². The van der Waals surface area contributed by atoms with Gasteiger partial charge in [0.1, 0.15) is 0 Å². The second-order valence-electron chi connectivity index (χ2n) is 3.83. The Balaban J connectivity index is -0.000000101. The summed E-state index contributed by atoms with van der Waals surface area (Å²) in [5.74, 6) is 0. The first-order valence-corrected chi connectivity index (χ1v) is 5.91. The van der Waals surface area contributed by atoms with E-state index in [0.717, 1.165) is 0 Å². The Kier molecular flexibility index (Phi) is 30.0. The maximum Gasteiger partial charge on any atom is 2.00 e. The fourth-order valence-corrected chi connectivity index (χ4v) is 1.56. The molecule has 2 heteroatoms. The van der Waals surface area contributed by atoms with Gasteiger partial charge in [-0.2, -0.15) is 13.5 Å². The zero-order valence-electron chi connectivity index (χ0n) is 12.3. The van der Waals surface area contributed by atoms with Gasteiger partial charge in [0.15, 0.2) is 0 Å². The Bertz CT molecular complexity index is 75.4. The van der Waals surface area contributed by atoms with Crippen molar-refractivity contribution in [2.45, 2.75) is 78.1 Å². The minimum Gasteiger partial charge on any atom is -1.00 e. The third kappa shape index (κ3) is 19.2. The molecule has 0 saturated heterocycles. The van der Waals surface area contributed by atoms with Crippen LogP contribution in [0.15, 0.2) is 0 Å². The van der Waals surface area contributed by atoms with Gasteiger partial charge >= 0.3 is 37.7 Å². The molecule has 0 aliphatic carbocycles. The van der Waals surface area contributed by atoms with Crippen molar-refractivity contribution in [2.24, 2.45) is 0 Å². The van der Waals surface area contributed by atoms with E-state index in [9.17, 15) is 0 Å². The van der Waals surface area contributed by atoms with Gasteiger partial charge in [-0.25, -0.2) is 0 Å². The molecule has 0 aliphatic heterocycles. The first kappa shape index (κ1) is 21.0. The quantitative estimate of drug-likeness (QED) is 0.401. The first-order valence-electron chi connectivity index (χ1n) is 5.91. The zero-order chi connectivity index (χ0) is 9.07. The van der Waals surface area contributed by atoms with E-state index in [-0.39, 0.29) is 54.1 Å². The number of unbranched alkanes of at least 4 members (excludes halogenated alkanes) is 9. The summed E-state index contributed by atoms with van der Waals surface area (Å²) < 4.78 is 0. The van der Waals surface area contributed by atoms with Crippen LogP contribution in [-0.2, 0) is 0 Å². The monoisotopic (exact) mass is 246 g/mol. The molecule has 0 nitrogen and oxygen atoms in total. The second kappa shape index (κ2) is 20.1. The third-order valence-electron chi connectivity index (χ3n) is 2.46. The standard InChI is InChI=1S/C12H26.Ca.H2S.2H/c1-3-5-7-9-11-12-10-8-6-4-2;;;;/h3-12H2,1-2H3;;1H2;;/q;+2;;2*-1. The summed E-state index contributed by atoms with van der Waals surface area (Å²) in [6.07, 6.45) is 14.4. The van der Waals surface area contributed by atoms with Gasteiger partial charge in [-0.15, -0.1) is 0 Å². The maximum absolute atomic E-state index is 2.28. The predicted octanol–water partition coefficient (Wildman–Crippen LogP) is 4.88. The molecule has 0 saturated carbocycles. The molecule has 0 aromatic rings. The smallest absolute Gasteiger partial charge is 1.00 e. The van der Waals surface area contributed by atoms with Crippen molar-refractivity contribution in [1.29, 1.82) is 0 Å². The van der Waals surface area contributed by atoms with Gasteiger partial charge in [0, 0.05) is 0 Å². The summed E-state index contributed by atoms with van der Waals surface area (Å²) in [6, 6.07) is 0. The van der Waals surface area contributed by atoms with E-state index >= 15 is 0 Å². The predicted molar refractivity (Wildman–Crippen MR) is 75.9 cm³/mol. The molecule has 0 fully saturated rings. The van der Waals surface area contributed by atoms with Gasteiger partial charge in [0.2, 0.25) is 0 Å². The van der Waals surface area contributed by atoms with Crippen molar-refractivity contribution in [3.63, 3.8) is 0 Å². The molecule has 0 spiro atoms. The summed E-state index contributed by atoms with van der Waals surface area (Å²) in [5, 5.41) is 0. The molecule has 0 heterocycles. The fourth-order valence-electron chi connectivity index (χ4n) is 1.56. The maximum atomic E-state index is 2.28. The molecule has 0 aromatic heterocycles. The van der Waals surface area contributed by atoms with Crippen LogP contribution in [0.1, 0.15) is 80.9 Å². The molecule has 0 aliphatic rings. The Morgan fingerprint density at radius 3 is 1.00 bits per heavy atom. The van der Waals surface area contributed by atoms with Crippen molar-refractivity contribution < 1.29 is 2.85 Å². The van der Waals surface area contributed by atoms with Crippen LogP contribution in [0.25, 0.3) is 0 Å². The number of hydrogen-bond donors (Lipinski definition) is 0. The first-order chi connectivity index (χ1) is 5.91. The van der Waals surface area contributed by atoms with Crippen molar-refractivity contribution in [2.75, 3.05) is 0 Å². The molecule has 0 amide bonds. The van der Waals surface area contributed by atoms with E-state index in [1.165, 1.54) is 64.2 Å². The van der Waals surface area contributed by atoms with Crippen molar-refractivity contribution in [3.8, 4) is 0 Å². The molecule has 14 heavy (non-hydrogen) atoms. The van der Waals surface area contributed by atoms with Gasteiger partial charge in [-0.3, -0.25) is 0 Å². The van der Waals surface area contributed by atoms with E-state index in [0.29, 0.717) is 0 Å². The normalized spacial score (nSPS) is 9.00. The Hall–Kier alpha value is 1.61. The van der Waals surface area contributed by atoms with Gasteiger partial charge in [-0.05, 0) is 0 Å². The third-order valence-corrected chi connectivity index (χ3v) is 2.46. The molecule has 0 unspecified atom stereocenters. The van der Waals surface area contributed by atoms with Crippen LogP contribution in [0.4, 0.5) is 0 Å². The van der Waals surface area contributed by atoms with Crippen molar-refractivity contribution in [1.82, 2.24) is 0 Å². The van der Waals surface area contributed by atoms with Gasteiger partial charge in [-0.1, -0.05) is 78.1 Å². The summed E-state index contributed by atoms with van der Waals surface area (Å²) in [5.41, 5.74) is 0. The Labute approximate surface area is 131 Å². The van der Waals surface area contributed by atoms with Crippen LogP contribution in [0, 0.1) is 0 Å². The van der Waals surface area contributed by atoms with Crippen LogP contribution in [0.3, 0.4) is 0 Å². The summed E-state index contributed by atoms with van der Waals surface area (Å²) in [6.45, 7) is 4.56. The van der Waals surface area contributed by atoms with E-state index in [2.05, 4.69) is 13.8 Å². The van der Waals surface area contributed by atoms with Gasteiger partial charge in [0.05, 0.1) is 0 Å². The van der Waals surface area contributed by atoms with Crippen LogP contribution in [0.5, 0.6) is 0 Å². The second-order valence-corrected chi connectivity index (χ2v) is 3.83. The van der Waals surface area contributed by atoms with Crippen LogP contribution in [-0.4, -0.2) is 37.7 Å². The molecule has 0 N–H and O–H groups in total.